The molecule has 1 aliphatic carbocycles. The summed E-state index contributed by atoms with van der Waals surface area (Å²) < 4.78 is 0. The van der Waals surface area contributed by atoms with E-state index in [1.165, 1.54) is 19.3 Å². The van der Waals surface area contributed by atoms with Gasteiger partial charge < -0.3 is 15.5 Å². The van der Waals surface area contributed by atoms with Crippen LogP contribution in [0, 0.1) is 0 Å². The molecule has 118 valence electrons. The van der Waals surface area contributed by atoms with Gasteiger partial charge in [0.25, 0.3) is 5.91 Å². The largest absolute Gasteiger partial charge is 0.360 e. The molecule has 2 fully saturated rings. The zero-order chi connectivity index (χ0) is 15.5. The summed E-state index contributed by atoms with van der Waals surface area (Å²) in [5.41, 5.74) is 1.67. The topological polar surface area (TPSA) is 44.4 Å². The fraction of sp³-hybridized carbons (Fsp3) is 0.529. The van der Waals surface area contributed by atoms with Crippen molar-refractivity contribution in [1.82, 2.24) is 10.2 Å². The van der Waals surface area contributed by atoms with Gasteiger partial charge in [0, 0.05) is 29.9 Å². The number of anilines is 1. The first kappa shape index (κ1) is 15.3. The smallest absolute Gasteiger partial charge is 0.254 e. The van der Waals surface area contributed by atoms with Crippen molar-refractivity contribution in [2.24, 2.45) is 0 Å². The van der Waals surface area contributed by atoms with Crippen LogP contribution in [0.4, 0.5) is 5.69 Å². The summed E-state index contributed by atoms with van der Waals surface area (Å²) in [6.07, 6.45) is 5.83. The van der Waals surface area contributed by atoms with E-state index in [0.717, 1.165) is 30.6 Å². The molecule has 1 heterocycles. The van der Waals surface area contributed by atoms with Crippen molar-refractivity contribution in [2.45, 2.75) is 51.1 Å². The zero-order valence-electron chi connectivity index (χ0n) is 13.0. The van der Waals surface area contributed by atoms with Gasteiger partial charge in [-0.15, -0.1) is 0 Å². The van der Waals surface area contributed by atoms with Gasteiger partial charge in [0.1, 0.15) is 0 Å². The summed E-state index contributed by atoms with van der Waals surface area (Å²) in [6.45, 7) is 3.00. The van der Waals surface area contributed by atoms with Crippen molar-refractivity contribution < 1.29 is 4.79 Å². The predicted octanol–water partition coefficient (Wildman–Crippen LogP) is 3.15. The van der Waals surface area contributed by atoms with Crippen LogP contribution in [-0.2, 0) is 0 Å². The van der Waals surface area contributed by atoms with Crippen LogP contribution < -0.4 is 10.6 Å². The van der Waals surface area contributed by atoms with Crippen LogP contribution in [0.2, 0.25) is 0 Å². The molecule has 1 saturated heterocycles. The van der Waals surface area contributed by atoms with Gasteiger partial charge in [-0.1, -0.05) is 0 Å². The Morgan fingerprint density at radius 2 is 1.91 bits per heavy atom. The monoisotopic (exact) mass is 317 g/mol. The molecule has 1 aromatic rings. The number of benzene rings is 1. The Balaban J connectivity index is 1.60. The normalized spacial score (nSPS) is 21.3. The molecular formula is C17H23N3OS. The lowest BCUT2D eigenvalue weighted by Gasteiger charge is -2.33. The van der Waals surface area contributed by atoms with E-state index in [1.54, 1.807) is 0 Å². The Kier molecular flexibility index (Phi) is 4.62. The van der Waals surface area contributed by atoms with Crippen LogP contribution in [0.1, 0.15) is 49.4 Å². The molecule has 1 aromatic carbocycles. The van der Waals surface area contributed by atoms with Crippen LogP contribution in [0.5, 0.6) is 0 Å². The van der Waals surface area contributed by atoms with E-state index in [1.807, 2.05) is 29.2 Å². The second-order valence-electron chi connectivity index (χ2n) is 6.29. The van der Waals surface area contributed by atoms with Crippen LogP contribution in [0.3, 0.4) is 0 Å². The summed E-state index contributed by atoms with van der Waals surface area (Å²) in [5, 5.41) is 7.06. The summed E-state index contributed by atoms with van der Waals surface area (Å²) in [7, 11) is 0. The molecule has 0 aromatic heterocycles. The van der Waals surface area contributed by atoms with Gasteiger partial charge >= 0.3 is 0 Å². The molecule has 0 bridgehead atoms. The average Bonchev–Trinajstić information content (AvgIpc) is 3.31. The maximum atomic E-state index is 12.6. The molecule has 1 aliphatic heterocycles. The van der Waals surface area contributed by atoms with E-state index < -0.39 is 0 Å². The Morgan fingerprint density at radius 3 is 2.55 bits per heavy atom. The summed E-state index contributed by atoms with van der Waals surface area (Å²) in [5.74, 6) is 0.137. The first-order valence-electron chi connectivity index (χ1n) is 8.12. The minimum absolute atomic E-state index is 0.137. The van der Waals surface area contributed by atoms with Gasteiger partial charge in [-0.05, 0) is 75.5 Å². The summed E-state index contributed by atoms with van der Waals surface area (Å²) in [4.78, 5) is 14.6. The lowest BCUT2D eigenvalue weighted by atomic mass is 10.0. The van der Waals surface area contributed by atoms with Gasteiger partial charge in [0.15, 0.2) is 5.11 Å². The van der Waals surface area contributed by atoms with E-state index in [9.17, 15) is 4.79 Å². The minimum atomic E-state index is 0.137. The van der Waals surface area contributed by atoms with Crippen LogP contribution >= 0.6 is 12.2 Å². The highest BCUT2D eigenvalue weighted by molar-refractivity contribution is 7.80. The lowest BCUT2D eigenvalue weighted by Crippen LogP contribution is -2.42. The standard InChI is InChI=1S/C17H23N3OS/c1-12-4-2-3-11-20(12)16(21)13-5-7-14(8-6-13)18-17(22)19-15-9-10-15/h5-8,12,15H,2-4,9-11H2,1H3,(H2,18,19,22)/t12-/m0/s1. The Labute approximate surface area is 137 Å². The highest BCUT2D eigenvalue weighted by Crippen LogP contribution is 2.21. The third-order valence-corrected chi connectivity index (χ3v) is 4.59. The number of nitrogens with zero attached hydrogens (tertiary/aromatic N) is 1. The first-order valence-corrected chi connectivity index (χ1v) is 8.53. The molecule has 2 aliphatic rings. The van der Waals surface area contributed by atoms with Crippen molar-refractivity contribution in [3.63, 3.8) is 0 Å². The molecule has 0 unspecified atom stereocenters. The highest BCUT2D eigenvalue weighted by atomic mass is 32.1. The Morgan fingerprint density at radius 1 is 1.18 bits per heavy atom. The number of likely N-dealkylation sites (tertiary alicyclic amines) is 1. The fourth-order valence-electron chi connectivity index (χ4n) is 2.84. The Hall–Kier alpha value is -1.62. The zero-order valence-corrected chi connectivity index (χ0v) is 13.8. The molecule has 1 atom stereocenters. The lowest BCUT2D eigenvalue weighted by molar-refractivity contribution is 0.0635. The van der Waals surface area contributed by atoms with E-state index >= 15 is 0 Å². The molecule has 0 spiro atoms. The minimum Gasteiger partial charge on any atom is -0.360 e. The van der Waals surface area contributed by atoms with Crippen molar-refractivity contribution in [3.8, 4) is 0 Å². The second-order valence-corrected chi connectivity index (χ2v) is 6.70. The van der Waals surface area contributed by atoms with E-state index in [2.05, 4.69) is 17.6 Å². The highest BCUT2D eigenvalue weighted by Gasteiger charge is 2.24. The van der Waals surface area contributed by atoms with Crippen molar-refractivity contribution in [1.29, 1.82) is 0 Å². The number of nitrogens with one attached hydrogen (secondary N) is 2. The van der Waals surface area contributed by atoms with Crippen molar-refractivity contribution in [2.75, 3.05) is 11.9 Å². The molecule has 5 heteroatoms. The predicted molar refractivity (Wildman–Crippen MR) is 93.2 cm³/mol. The molecule has 22 heavy (non-hydrogen) atoms. The van der Waals surface area contributed by atoms with Gasteiger partial charge in [0.05, 0.1) is 0 Å². The third kappa shape index (κ3) is 3.77. The molecule has 3 rings (SSSR count). The number of piperidine rings is 1. The Bertz CT molecular complexity index is 554. The van der Waals surface area contributed by atoms with Crippen LogP contribution in [-0.4, -0.2) is 34.5 Å². The molecule has 4 nitrogen and oxygen atoms in total. The number of rotatable bonds is 3. The number of hydrogen-bond donors (Lipinski definition) is 2. The van der Waals surface area contributed by atoms with Crippen molar-refractivity contribution >= 4 is 28.9 Å². The van der Waals surface area contributed by atoms with E-state index in [-0.39, 0.29) is 5.91 Å². The average molecular weight is 317 g/mol. The molecule has 1 saturated carbocycles. The third-order valence-electron chi connectivity index (χ3n) is 4.37. The number of hydrogen-bond acceptors (Lipinski definition) is 2. The van der Waals surface area contributed by atoms with E-state index in [0.29, 0.717) is 17.2 Å². The van der Waals surface area contributed by atoms with Gasteiger partial charge in [-0.3, -0.25) is 4.79 Å². The maximum Gasteiger partial charge on any atom is 0.254 e. The van der Waals surface area contributed by atoms with E-state index in [4.69, 9.17) is 12.2 Å². The van der Waals surface area contributed by atoms with Crippen LogP contribution in [0.25, 0.3) is 0 Å². The summed E-state index contributed by atoms with van der Waals surface area (Å²) >= 11 is 5.26. The number of carbonyl (C=O) groups is 1. The summed E-state index contributed by atoms with van der Waals surface area (Å²) in [6, 6.07) is 8.49. The first-order chi connectivity index (χ1) is 10.6. The maximum absolute atomic E-state index is 12.6. The number of amides is 1. The fourth-order valence-corrected chi connectivity index (χ4v) is 3.13. The quantitative estimate of drug-likeness (QED) is 0.841. The van der Waals surface area contributed by atoms with Gasteiger partial charge in [-0.2, -0.15) is 0 Å². The molecule has 0 radical (unpaired) electrons. The van der Waals surface area contributed by atoms with Crippen molar-refractivity contribution in [3.05, 3.63) is 29.8 Å². The molecule has 1 amide bonds. The number of carbonyl (C=O) groups excluding carboxylic acids is 1. The number of thiocarbonyl (C=S) groups is 1. The SMILES string of the molecule is C[C@H]1CCCCN1C(=O)c1ccc(NC(=S)NC2CC2)cc1. The molecule has 2 N–H and O–H groups in total. The van der Waals surface area contributed by atoms with Gasteiger partial charge in [-0.25, -0.2) is 0 Å². The molecular weight excluding hydrogens is 294 g/mol. The van der Waals surface area contributed by atoms with Crippen LogP contribution in [0.15, 0.2) is 24.3 Å². The van der Waals surface area contributed by atoms with Gasteiger partial charge in [0.2, 0.25) is 0 Å². The second kappa shape index (κ2) is 6.65.